The summed E-state index contributed by atoms with van der Waals surface area (Å²) in [5.74, 6) is 2.29. The highest BCUT2D eigenvalue weighted by atomic mass is 32.2. The van der Waals surface area contributed by atoms with Gasteiger partial charge in [-0.1, -0.05) is 31.9 Å². The molecule has 1 aliphatic carbocycles. The zero-order valence-electron chi connectivity index (χ0n) is 13.1. The first-order valence-electron chi connectivity index (χ1n) is 8.47. The van der Waals surface area contributed by atoms with E-state index in [1.807, 2.05) is 0 Å². The summed E-state index contributed by atoms with van der Waals surface area (Å²) in [6.45, 7) is 4.19. The number of nitrogens with one attached hydrogen (secondary N) is 1. The van der Waals surface area contributed by atoms with Gasteiger partial charge >= 0.3 is 0 Å². The van der Waals surface area contributed by atoms with E-state index in [1.54, 1.807) is 0 Å². The molecule has 1 aromatic carbocycles. The van der Waals surface area contributed by atoms with E-state index in [9.17, 15) is 0 Å². The SMILES string of the molecule is CCCNC(CSC1CCCC1)c1ccc2c(c1)CCO2. The second-order valence-electron chi connectivity index (χ2n) is 6.21. The van der Waals surface area contributed by atoms with E-state index in [2.05, 4.69) is 42.2 Å². The summed E-state index contributed by atoms with van der Waals surface area (Å²) < 4.78 is 5.63. The smallest absolute Gasteiger partial charge is 0.122 e. The summed E-state index contributed by atoms with van der Waals surface area (Å²) >= 11 is 2.18. The quantitative estimate of drug-likeness (QED) is 0.810. The van der Waals surface area contributed by atoms with Crippen molar-refractivity contribution in [3.05, 3.63) is 29.3 Å². The second-order valence-corrected chi connectivity index (χ2v) is 7.55. The van der Waals surface area contributed by atoms with Gasteiger partial charge in [-0.3, -0.25) is 0 Å². The maximum atomic E-state index is 5.63. The lowest BCUT2D eigenvalue weighted by molar-refractivity contribution is 0.356. The Hall–Kier alpha value is -0.670. The molecule has 1 unspecified atom stereocenters. The van der Waals surface area contributed by atoms with Gasteiger partial charge in [0.15, 0.2) is 0 Å². The van der Waals surface area contributed by atoms with Gasteiger partial charge in [0.05, 0.1) is 6.61 Å². The Morgan fingerprint density at radius 2 is 2.19 bits per heavy atom. The molecule has 2 nitrogen and oxygen atoms in total. The van der Waals surface area contributed by atoms with Crippen LogP contribution in [0.3, 0.4) is 0 Å². The first-order valence-corrected chi connectivity index (χ1v) is 9.52. The van der Waals surface area contributed by atoms with E-state index in [1.165, 1.54) is 49.0 Å². The van der Waals surface area contributed by atoms with Crippen molar-refractivity contribution in [1.29, 1.82) is 0 Å². The zero-order chi connectivity index (χ0) is 14.5. The molecule has 0 saturated heterocycles. The van der Waals surface area contributed by atoms with Crippen LogP contribution in [-0.2, 0) is 6.42 Å². The number of benzene rings is 1. The molecule has 0 radical (unpaired) electrons. The average Bonchev–Trinajstić information content (AvgIpc) is 3.17. The van der Waals surface area contributed by atoms with E-state index >= 15 is 0 Å². The Balaban J connectivity index is 1.65. The van der Waals surface area contributed by atoms with Gasteiger partial charge in [0.2, 0.25) is 0 Å². The van der Waals surface area contributed by atoms with Crippen molar-refractivity contribution < 1.29 is 4.74 Å². The van der Waals surface area contributed by atoms with Gasteiger partial charge in [0.1, 0.15) is 5.75 Å². The van der Waals surface area contributed by atoms with Crippen LogP contribution in [0.15, 0.2) is 18.2 Å². The van der Waals surface area contributed by atoms with E-state index in [0.29, 0.717) is 6.04 Å². The van der Waals surface area contributed by atoms with Crippen molar-refractivity contribution in [2.75, 3.05) is 18.9 Å². The van der Waals surface area contributed by atoms with Crippen LogP contribution in [0.1, 0.15) is 56.2 Å². The molecule has 0 spiro atoms. The molecule has 2 aliphatic rings. The topological polar surface area (TPSA) is 21.3 Å². The normalized spacial score (nSPS) is 19.5. The number of fused-ring (bicyclic) bond motifs is 1. The van der Waals surface area contributed by atoms with E-state index in [0.717, 1.165) is 30.6 Å². The molecule has 1 saturated carbocycles. The zero-order valence-corrected chi connectivity index (χ0v) is 13.9. The molecule has 1 fully saturated rings. The van der Waals surface area contributed by atoms with Gasteiger partial charge in [0.25, 0.3) is 0 Å². The van der Waals surface area contributed by atoms with Crippen LogP contribution >= 0.6 is 11.8 Å². The molecule has 1 aromatic rings. The van der Waals surface area contributed by atoms with Crippen LogP contribution in [-0.4, -0.2) is 24.2 Å². The molecule has 0 amide bonds. The third-order valence-corrected chi connectivity index (χ3v) is 6.03. The number of hydrogen-bond donors (Lipinski definition) is 1. The molecule has 0 bridgehead atoms. The van der Waals surface area contributed by atoms with Gasteiger partial charge in [-0.2, -0.15) is 11.8 Å². The Morgan fingerprint density at radius 3 is 3.00 bits per heavy atom. The molecule has 1 heterocycles. The highest BCUT2D eigenvalue weighted by molar-refractivity contribution is 7.99. The third-order valence-electron chi connectivity index (χ3n) is 4.56. The summed E-state index contributed by atoms with van der Waals surface area (Å²) in [5, 5.41) is 4.64. The van der Waals surface area contributed by atoms with Gasteiger partial charge in [-0.25, -0.2) is 0 Å². The molecular formula is C18H27NOS. The van der Waals surface area contributed by atoms with E-state index in [4.69, 9.17) is 4.74 Å². The summed E-state index contributed by atoms with van der Waals surface area (Å²) in [5.41, 5.74) is 2.83. The molecular weight excluding hydrogens is 278 g/mol. The fraction of sp³-hybridized carbons (Fsp3) is 0.667. The average molecular weight is 305 g/mol. The molecule has 0 aromatic heterocycles. The summed E-state index contributed by atoms with van der Waals surface area (Å²) in [6.07, 6.45) is 7.96. The minimum absolute atomic E-state index is 0.487. The Labute approximate surface area is 133 Å². The van der Waals surface area contributed by atoms with Gasteiger partial charge in [0, 0.05) is 23.5 Å². The van der Waals surface area contributed by atoms with Gasteiger partial charge < -0.3 is 10.1 Å². The van der Waals surface area contributed by atoms with Crippen LogP contribution in [0.4, 0.5) is 0 Å². The lowest BCUT2D eigenvalue weighted by Crippen LogP contribution is -2.25. The molecule has 1 aliphatic heterocycles. The minimum atomic E-state index is 0.487. The Morgan fingerprint density at radius 1 is 1.33 bits per heavy atom. The van der Waals surface area contributed by atoms with Crippen molar-refractivity contribution in [2.45, 2.75) is 56.7 Å². The Bertz CT molecular complexity index is 457. The molecule has 1 N–H and O–H groups in total. The highest BCUT2D eigenvalue weighted by Crippen LogP contribution is 2.34. The standard InChI is InChI=1S/C18H27NOS/c1-2-10-19-17(13-21-16-5-3-4-6-16)14-7-8-18-15(12-14)9-11-20-18/h7-8,12,16-17,19H,2-6,9-11,13H2,1H3. The number of ether oxygens (including phenoxy) is 1. The monoisotopic (exact) mass is 305 g/mol. The van der Waals surface area contributed by atoms with Gasteiger partial charge in [-0.15, -0.1) is 0 Å². The van der Waals surface area contributed by atoms with Gasteiger partial charge in [-0.05, 0) is 43.0 Å². The number of thioether (sulfide) groups is 1. The first kappa shape index (κ1) is 15.2. The molecule has 3 rings (SSSR count). The predicted octanol–water partition coefficient (Wildman–Crippen LogP) is 4.34. The highest BCUT2D eigenvalue weighted by Gasteiger charge is 2.20. The van der Waals surface area contributed by atoms with Crippen LogP contribution < -0.4 is 10.1 Å². The van der Waals surface area contributed by atoms with Crippen LogP contribution in [0.25, 0.3) is 0 Å². The lowest BCUT2D eigenvalue weighted by Gasteiger charge is -2.21. The summed E-state index contributed by atoms with van der Waals surface area (Å²) in [4.78, 5) is 0. The van der Waals surface area contributed by atoms with E-state index < -0.39 is 0 Å². The fourth-order valence-electron chi connectivity index (χ4n) is 3.30. The van der Waals surface area contributed by atoms with Crippen LogP contribution in [0.2, 0.25) is 0 Å². The molecule has 21 heavy (non-hydrogen) atoms. The fourth-order valence-corrected chi connectivity index (χ4v) is 4.74. The van der Waals surface area contributed by atoms with E-state index in [-0.39, 0.29) is 0 Å². The largest absolute Gasteiger partial charge is 0.493 e. The Kier molecular flexibility index (Phi) is 5.48. The number of hydrogen-bond acceptors (Lipinski definition) is 3. The van der Waals surface area contributed by atoms with Crippen molar-refractivity contribution in [3.63, 3.8) is 0 Å². The van der Waals surface area contributed by atoms with Crippen molar-refractivity contribution in [2.24, 2.45) is 0 Å². The summed E-state index contributed by atoms with van der Waals surface area (Å²) in [7, 11) is 0. The lowest BCUT2D eigenvalue weighted by atomic mass is 10.0. The minimum Gasteiger partial charge on any atom is -0.493 e. The van der Waals surface area contributed by atoms with Crippen molar-refractivity contribution >= 4 is 11.8 Å². The second kappa shape index (κ2) is 7.55. The first-order chi connectivity index (χ1) is 10.4. The maximum absolute atomic E-state index is 5.63. The van der Waals surface area contributed by atoms with Crippen molar-refractivity contribution in [3.8, 4) is 5.75 Å². The third kappa shape index (κ3) is 3.95. The number of rotatable bonds is 7. The summed E-state index contributed by atoms with van der Waals surface area (Å²) in [6, 6.07) is 7.28. The molecule has 3 heteroatoms. The maximum Gasteiger partial charge on any atom is 0.122 e. The molecule has 116 valence electrons. The predicted molar refractivity (Wildman–Crippen MR) is 91.4 cm³/mol. The van der Waals surface area contributed by atoms with Crippen LogP contribution in [0.5, 0.6) is 5.75 Å². The van der Waals surface area contributed by atoms with Crippen LogP contribution in [0, 0.1) is 0 Å². The van der Waals surface area contributed by atoms with Crippen molar-refractivity contribution in [1.82, 2.24) is 5.32 Å². The molecule has 1 atom stereocenters.